The molecule has 0 radical (unpaired) electrons. The first-order valence-corrected chi connectivity index (χ1v) is 6.94. The second-order valence-corrected chi connectivity index (χ2v) is 4.90. The SMILES string of the molecule is CCN(C)CCCNCCCN1CCCC1. The maximum atomic E-state index is 3.54. The Morgan fingerprint density at radius 2 is 1.81 bits per heavy atom. The highest BCUT2D eigenvalue weighted by molar-refractivity contribution is 4.66. The molecule has 0 unspecified atom stereocenters. The molecule has 1 aliphatic rings. The minimum absolute atomic E-state index is 1.16. The Kier molecular flexibility index (Phi) is 7.81. The molecule has 3 nitrogen and oxygen atoms in total. The van der Waals surface area contributed by atoms with Gasteiger partial charge < -0.3 is 15.1 Å². The Hall–Kier alpha value is -0.120. The highest BCUT2D eigenvalue weighted by atomic mass is 15.1. The van der Waals surface area contributed by atoms with Gasteiger partial charge in [-0.25, -0.2) is 0 Å². The van der Waals surface area contributed by atoms with Crippen LogP contribution >= 0.6 is 0 Å². The summed E-state index contributed by atoms with van der Waals surface area (Å²) in [5.41, 5.74) is 0. The fourth-order valence-corrected chi connectivity index (χ4v) is 2.19. The Bertz CT molecular complexity index is 155. The van der Waals surface area contributed by atoms with Gasteiger partial charge >= 0.3 is 0 Å². The van der Waals surface area contributed by atoms with Gasteiger partial charge in [-0.05, 0) is 78.5 Å². The molecule has 1 aliphatic heterocycles. The third kappa shape index (κ3) is 6.46. The third-order valence-electron chi connectivity index (χ3n) is 3.46. The van der Waals surface area contributed by atoms with Crippen LogP contribution in [0.3, 0.4) is 0 Å². The van der Waals surface area contributed by atoms with Gasteiger partial charge in [0.25, 0.3) is 0 Å². The van der Waals surface area contributed by atoms with Gasteiger partial charge in [0.1, 0.15) is 0 Å². The van der Waals surface area contributed by atoms with E-state index in [9.17, 15) is 0 Å². The molecule has 0 amide bonds. The van der Waals surface area contributed by atoms with Crippen LogP contribution in [-0.4, -0.2) is 62.7 Å². The Balaban J connectivity index is 1.77. The van der Waals surface area contributed by atoms with Crippen molar-refractivity contribution in [2.45, 2.75) is 32.6 Å². The van der Waals surface area contributed by atoms with Crippen molar-refractivity contribution in [1.82, 2.24) is 15.1 Å². The molecule has 0 aromatic rings. The van der Waals surface area contributed by atoms with E-state index in [4.69, 9.17) is 0 Å². The van der Waals surface area contributed by atoms with Gasteiger partial charge in [-0.1, -0.05) is 6.92 Å². The van der Waals surface area contributed by atoms with E-state index in [2.05, 4.69) is 29.1 Å². The Morgan fingerprint density at radius 1 is 1.12 bits per heavy atom. The van der Waals surface area contributed by atoms with Crippen LogP contribution < -0.4 is 5.32 Å². The number of hydrogen-bond acceptors (Lipinski definition) is 3. The standard InChI is InChI=1S/C13H29N3/c1-3-15(2)10-6-8-14-9-7-13-16-11-4-5-12-16/h14H,3-13H2,1-2H3. The number of rotatable bonds is 9. The fourth-order valence-electron chi connectivity index (χ4n) is 2.19. The zero-order chi connectivity index (χ0) is 11.6. The van der Waals surface area contributed by atoms with E-state index in [1.54, 1.807) is 0 Å². The Morgan fingerprint density at radius 3 is 2.50 bits per heavy atom. The molecular formula is C13H29N3. The topological polar surface area (TPSA) is 18.5 Å². The molecule has 0 bridgehead atoms. The monoisotopic (exact) mass is 227 g/mol. The second kappa shape index (κ2) is 8.97. The number of nitrogens with zero attached hydrogens (tertiary/aromatic N) is 2. The zero-order valence-corrected chi connectivity index (χ0v) is 11.2. The van der Waals surface area contributed by atoms with E-state index in [-0.39, 0.29) is 0 Å². The minimum atomic E-state index is 1.16. The highest BCUT2D eigenvalue weighted by Crippen LogP contribution is 2.06. The molecule has 0 aromatic carbocycles. The molecule has 1 rings (SSSR count). The van der Waals surface area contributed by atoms with Crippen LogP contribution in [0.5, 0.6) is 0 Å². The number of hydrogen-bond donors (Lipinski definition) is 1. The zero-order valence-electron chi connectivity index (χ0n) is 11.2. The van der Waals surface area contributed by atoms with Gasteiger partial charge in [-0.3, -0.25) is 0 Å². The lowest BCUT2D eigenvalue weighted by molar-refractivity contribution is 0.326. The van der Waals surface area contributed by atoms with Gasteiger partial charge in [0.05, 0.1) is 0 Å². The molecular weight excluding hydrogens is 198 g/mol. The number of likely N-dealkylation sites (tertiary alicyclic amines) is 1. The normalized spacial score (nSPS) is 17.4. The van der Waals surface area contributed by atoms with E-state index < -0.39 is 0 Å². The van der Waals surface area contributed by atoms with Gasteiger partial charge in [-0.2, -0.15) is 0 Å². The summed E-state index contributed by atoms with van der Waals surface area (Å²) in [5.74, 6) is 0. The summed E-state index contributed by atoms with van der Waals surface area (Å²) in [5, 5.41) is 3.54. The molecule has 0 atom stereocenters. The van der Waals surface area contributed by atoms with Crippen molar-refractivity contribution in [3.05, 3.63) is 0 Å². The molecule has 96 valence electrons. The first-order chi connectivity index (χ1) is 7.83. The second-order valence-electron chi connectivity index (χ2n) is 4.90. The van der Waals surface area contributed by atoms with E-state index in [0.717, 1.165) is 6.54 Å². The lowest BCUT2D eigenvalue weighted by Crippen LogP contribution is -2.27. The van der Waals surface area contributed by atoms with Gasteiger partial charge in [-0.15, -0.1) is 0 Å². The lowest BCUT2D eigenvalue weighted by Gasteiger charge is -2.15. The van der Waals surface area contributed by atoms with Crippen LogP contribution in [0.15, 0.2) is 0 Å². The van der Waals surface area contributed by atoms with Crippen molar-refractivity contribution in [1.29, 1.82) is 0 Å². The first-order valence-electron chi connectivity index (χ1n) is 6.94. The summed E-state index contributed by atoms with van der Waals surface area (Å²) in [7, 11) is 2.19. The number of nitrogens with one attached hydrogen (secondary N) is 1. The van der Waals surface area contributed by atoms with Gasteiger partial charge in [0.2, 0.25) is 0 Å². The van der Waals surface area contributed by atoms with Crippen LogP contribution in [0.4, 0.5) is 0 Å². The van der Waals surface area contributed by atoms with Gasteiger partial charge in [0, 0.05) is 0 Å². The van der Waals surface area contributed by atoms with Crippen molar-refractivity contribution >= 4 is 0 Å². The quantitative estimate of drug-likeness (QED) is 0.601. The molecule has 1 saturated heterocycles. The summed E-state index contributed by atoms with van der Waals surface area (Å²) < 4.78 is 0. The molecule has 0 aliphatic carbocycles. The average molecular weight is 227 g/mol. The largest absolute Gasteiger partial charge is 0.317 e. The summed E-state index contributed by atoms with van der Waals surface area (Å²) in [6.45, 7) is 10.9. The molecule has 16 heavy (non-hydrogen) atoms. The molecule has 0 spiro atoms. The van der Waals surface area contributed by atoms with Crippen LogP contribution in [0, 0.1) is 0 Å². The highest BCUT2D eigenvalue weighted by Gasteiger charge is 2.09. The average Bonchev–Trinajstić information content (AvgIpc) is 2.80. The van der Waals surface area contributed by atoms with Crippen molar-refractivity contribution in [3.8, 4) is 0 Å². The molecule has 0 saturated carbocycles. The first kappa shape index (κ1) is 13.9. The van der Waals surface area contributed by atoms with Crippen molar-refractivity contribution in [3.63, 3.8) is 0 Å². The molecule has 3 heteroatoms. The fraction of sp³-hybridized carbons (Fsp3) is 1.00. The van der Waals surface area contributed by atoms with E-state index in [1.165, 1.54) is 65.0 Å². The van der Waals surface area contributed by atoms with Crippen LogP contribution in [0.2, 0.25) is 0 Å². The van der Waals surface area contributed by atoms with Crippen molar-refractivity contribution in [2.24, 2.45) is 0 Å². The Labute approximate surface area is 101 Å². The van der Waals surface area contributed by atoms with E-state index in [1.807, 2.05) is 0 Å². The maximum Gasteiger partial charge on any atom is -0.000664 e. The van der Waals surface area contributed by atoms with Crippen molar-refractivity contribution < 1.29 is 0 Å². The predicted molar refractivity (Wildman–Crippen MR) is 70.9 cm³/mol. The van der Waals surface area contributed by atoms with Crippen molar-refractivity contribution in [2.75, 3.05) is 52.9 Å². The van der Waals surface area contributed by atoms with Crippen LogP contribution in [0.25, 0.3) is 0 Å². The van der Waals surface area contributed by atoms with Crippen LogP contribution in [0.1, 0.15) is 32.6 Å². The maximum absolute atomic E-state index is 3.54. The van der Waals surface area contributed by atoms with E-state index in [0.29, 0.717) is 0 Å². The smallest absolute Gasteiger partial charge is 0.000664 e. The molecule has 1 N–H and O–H groups in total. The summed E-state index contributed by atoms with van der Waals surface area (Å²) in [6, 6.07) is 0. The predicted octanol–water partition coefficient (Wildman–Crippen LogP) is 1.40. The summed E-state index contributed by atoms with van der Waals surface area (Å²) in [4.78, 5) is 4.96. The third-order valence-corrected chi connectivity index (χ3v) is 3.46. The molecule has 0 aromatic heterocycles. The summed E-state index contributed by atoms with van der Waals surface area (Å²) in [6.07, 6.45) is 5.41. The minimum Gasteiger partial charge on any atom is -0.317 e. The van der Waals surface area contributed by atoms with Crippen LogP contribution in [-0.2, 0) is 0 Å². The van der Waals surface area contributed by atoms with E-state index >= 15 is 0 Å². The molecule has 1 heterocycles. The molecule has 1 fully saturated rings. The summed E-state index contributed by atoms with van der Waals surface area (Å²) >= 11 is 0. The van der Waals surface area contributed by atoms with Gasteiger partial charge in [0.15, 0.2) is 0 Å². The lowest BCUT2D eigenvalue weighted by atomic mass is 10.3.